The van der Waals surface area contributed by atoms with Crippen LogP contribution in [0, 0.1) is 5.92 Å². The average molecular weight is 387 g/mol. The van der Waals surface area contributed by atoms with Crippen LogP contribution in [0.15, 0.2) is 29.2 Å². The van der Waals surface area contributed by atoms with E-state index < -0.39 is 15.6 Å². The molecule has 0 atom stereocenters. The van der Waals surface area contributed by atoms with Crippen LogP contribution in [-0.4, -0.2) is 56.7 Å². The van der Waals surface area contributed by atoms with E-state index in [0.29, 0.717) is 30.3 Å². The van der Waals surface area contributed by atoms with Gasteiger partial charge in [-0.2, -0.15) is 4.31 Å². The third-order valence-electron chi connectivity index (χ3n) is 3.83. The van der Waals surface area contributed by atoms with E-state index in [0.717, 1.165) is 19.4 Å². The highest BCUT2D eigenvalue weighted by molar-refractivity contribution is 7.89. The van der Waals surface area contributed by atoms with Crippen LogP contribution in [0.1, 0.15) is 40.5 Å². The summed E-state index contributed by atoms with van der Waals surface area (Å²) < 4.78 is 32.6. The van der Waals surface area contributed by atoms with Crippen LogP contribution in [0.25, 0.3) is 0 Å². The minimum absolute atomic E-state index is 0.247. The molecule has 26 heavy (non-hydrogen) atoms. The lowest BCUT2D eigenvalue weighted by Crippen LogP contribution is -2.36. The molecule has 2 N–H and O–H groups in total. The van der Waals surface area contributed by atoms with E-state index in [4.69, 9.17) is 4.74 Å². The summed E-state index contributed by atoms with van der Waals surface area (Å²) in [6, 6.07) is 6.51. The highest BCUT2D eigenvalue weighted by atomic mass is 32.2. The van der Waals surface area contributed by atoms with Crippen molar-refractivity contribution in [3.63, 3.8) is 0 Å². The fraction of sp³-hybridized carbons (Fsp3) is 0.684. The van der Waals surface area contributed by atoms with E-state index in [2.05, 4.69) is 5.32 Å². The number of sulfonamides is 1. The molecule has 0 spiro atoms. The third-order valence-corrected chi connectivity index (χ3v) is 5.71. The minimum Gasteiger partial charge on any atom is -0.497 e. The van der Waals surface area contributed by atoms with Crippen LogP contribution in [0.4, 0.5) is 0 Å². The molecule has 0 saturated carbocycles. The highest BCUT2D eigenvalue weighted by Crippen LogP contribution is 2.21. The van der Waals surface area contributed by atoms with Gasteiger partial charge in [0.2, 0.25) is 10.0 Å². The Balaban J connectivity index is 2.66. The van der Waals surface area contributed by atoms with E-state index >= 15 is 0 Å². The van der Waals surface area contributed by atoms with Gasteiger partial charge in [-0.05, 0) is 63.4 Å². The van der Waals surface area contributed by atoms with Crippen LogP contribution in [0.2, 0.25) is 0 Å². The minimum atomic E-state index is -3.52. The number of methoxy groups -OCH3 is 1. The van der Waals surface area contributed by atoms with Crippen LogP contribution in [0.3, 0.4) is 0 Å². The topological polar surface area (TPSA) is 78.9 Å². The van der Waals surface area contributed by atoms with Crippen molar-refractivity contribution in [2.24, 2.45) is 5.92 Å². The molecule has 0 bridgehead atoms. The number of ether oxygens (including phenoxy) is 1. The second-order valence-corrected chi connectivity index (χ2v) is 9.57. The molecular formula is C19H34N2O4S. The lowest BCUT2D eigenvalue weighted by molar-refractivity contribution is 0.0799. The fourth-order valence-electron chi connectivity index (χ4n) is 2.55. The largest absolute Gasteiger partial charge is 0.497 e. The Kier molecular flexibility index (Phi) is 9.03. The summed E-state index contributed by atoms with van der Waals surface area (Å²) in [4.78, 5) is 0.291. The second kappa shape index (κ2) is 10.3. The van der Waals surface area contributed by atoms with Crippen molar-refractivity contribution in [3.05, 3.63) is 24.3 Å². The number of aliphatic hydroxyl groups is 1. The molecule has 0 aliphatic rings. The zero-order valence-electron chi connectivity index (χ0n) is 16.7. The normalized spacial score (nSPS) is 12.8. The van der Waals surface area contributed by atoms with Crippen molar-refractivity contribution in [1.82, 2.24) is 9.62 Å². The summed E-state index contributed by atoms with van der Waals surface area (Å²) in [7, 11) is -1.96. The summed E-state index contributed by atoms with van der Waals surface area (Å²) in [6.45, 7) is 9.79. The molecule has 1 aromatic rings. The zero-order valence-corrected chi connectivity index (χ0v) is 17.5. The Morgan fingerprint density at radius 2 is 1.81 bits per heavy atom. The average Bonchev–Trinajstić information content (AvgIpc) is 2.55. The third kappa shape index (κ3) is 8.03. The van der Waals surface area contributed by atoms with Gasteiger partial charge in [0.15, 0.2) is 0 Å². The first-order chi connectivity index (χ1) is 12.1. The molecule has 1 aromatic carbocycles. The highest BCUT2D eigenvalue weighted by Gasteiger charge is 2.24. The SMILES string of the molecule is COc1ccc(S(=O)(=O)N(CCCCNCC(C)(C)O)CC(C)C)cc1. The lowest BCUT2D eigenvalue weighted by Gasteiger charge is -2.24. The van der Waals surface area contributed by atoms with E-state index in [1.54, 1.807) is 49.5 Å². The first kappa shape index (κ1) is 22.9. The van der Waals surface area contributed by atoms with Gasteiger partial charge in [-0.15, -0.1) is 0 Å². The number of hydrogen-bond acceptors (Lipinski definition) is 5. The van der Waals surface area contributed by atoms with Crippen molar-refractivity contribution in [2.75, 3.05) is 33.3 Å². The Labute approximate surface area is 158 Å². The van der Waals surface area contributed by atoms with Gasteiger partial charge in [-0.1, -0.05) is 13.8 Å². The van der Waals surface area contributed by atoms with Gasteiger partial charge in [0.05, 0.1) is 17.6 Å². The smallest absolute Gasteiger partial charge is 0.243 e. The summed E-state index contributed by atoms with van der Waals surface area (Å²) in [5, 5.41) is 12.9. The molecule has 0 heterocycles. The van der Waals surface area contributed by atoms with Gasteiger partial charge in [-0.25, -0.2) is 8.42 Å². The molecule has 0 amide bonds. The predicted octanol–water partition coefficient (Wildman–Crippen LogP) is 2.48. The first-order valence-electron chi connectivity index (χ1n) is 9.13. The molecule has 0 aliphatic carbocycles. The maximum atomic E-state index is 13.0. The number of nitrogens with one attached hydrogen (secondary N) is 1. The summed E-state index contributed by atoms with van der Waals surface area (Å²) in [6.07, 6.45) is 1.61. The molecule has 7 heteroatoms. The molecule has 150 valence electrons. The van der Waals surface area contributed by atoms with E-state index in [9.17, 15) is 13.5 Å². The maximum absolute atomic E-state index is 13.0. The van der Waals surface area contributed by atoms with Gasteiger partial charge in [0, 0.05) is 19.6 Å². The standard InChI is InChI=1S/C19H34N2O4S/c1-16(2)14-21(13-7-6-12-20-15-19(3,4)22)26(23,24)18-10-8-17(25-5)9-11-18/h8-11,16,20,22H,6-7,12-15H2,1-5H3. The zero-order chi connectivity index (χ0) is 19.8. The van der Waals surface area contributed by atoms with Gasteiger partial charge >= 0.3 is 0 Å². The molecule has 0 unspecified atom stereocenters. The van der Waals surface area contributed by atoms with E-state index in [1.807, 2.05) is 13.8 Å². The number of benzene rings is 1. The summed E-state index contributed by atoms with van der Waals surface area (Å²) in [5.74, 6) is 0.883. The molecule has 6 nitrogen and oxygen atoms in total. The van der Waals surface area contributed by atoms with Gasteiger partial charge in [-0.3, -0.25) is 0 Å². The molecule has 0 saturated heterocycles. The van der Waals surface area contributed by atoms with Crippen molar-refractivity contribution in [3.8, 4) is 5.75 Å². The van der Waals surface area contributed by atoms with E-state index in [-0.39, 0.29) is 5.92 Å². The molecule has 1 rings (SSSR count). The predicted molar refractivity (Wildman–Crippen MR) is 105 cm³/mol. The van der Waals surface area contributed by atoms with Crippen molar-refractivity contribution in [1.29, 1.82) is 0 Å². The Bertz CT molecular complexity index is 622. The van der Waals surface area contributed by atoms with Crippen molar-refractivity contribution in [2.45, 2.75) is 51.0 Å². The molecular weight excluding hydrogens is 352 g/mol. The molecule has 0 aliphatic heterocycles. The molecule has 0 radical (unpaired) electrons. The summed E-state index contributed by atoms with van der Waals surface area (Å²) in [5.41, 5.74) is -0.735. The van der Waals surface area contributed by atoms with Gasteiger partial charge < -0.3 is 15.2 Å². The van der Waals surface area contributed by atoms with Gasteiger partial charge in [0.25, 0.3) is 0 Å². The Morgan fingerprint density at radius 3 is 2.31 bits per heavy atom. The monoisotopic (exact) mass is 386 g/mol. The number of rotatable bonds is 12. The van der Waals surface area contributed by atoms with Crippen molar-refractivity contribution >= 4 is 10.0 Å². The fourth-order valence-corrected chi connectivity index (χ4v) is 4.19. The van der Waals surface area contributed by atoms with Gasteiger partial charge in [0.1, 0.15) is 5.75 Å². The Morgan fingerprint density at radius 1 is 1.19 bits per heavy atom. The summed E-state index contributed by atoms with van der Waals surface area (Å²) >= 11 is 0. The van der Waals surface area contributed by atoms with Crippen LogP contribution in [0.5, 0.6) is 5.75 Å². The van der Waals surface area contributed by atoms with E-state index in [1.165, 1.54) is 0 Å². The van der Waals surface area contributed by atoms with Crippen molar-refractivity contribution < 1.29 is 18.3 Å². The van der Waals surface area contributed by atoms with Crippen LogP contribution in [-0.2, 0) is 10.0 Å². The maximum Gasteiger partial charge on any atom is 0.243 e. The second-order valence-electron chi connectivity index (χ2n) is 7.63. The number of hydrogen-bond donors (Lipinski definition) is 2. The quantitative estimate of drug-likeness (QED) is 0.540. The number of unbranched alkanes of at least 4 members (excludes halogenated alkanes) is 1. The Hall–Kier alpha value is -1.15. The van der Waals surface area contributed by atoms with Crippen LogP contribution >= 0.6 is 0 Å². The lowest BCUT2D eigenvalue weighted by atomic mass is 10.1. The first-order valence-corrected chi connectivity index (χ1v) is 10.6. The number of nitrogens with zero attached hydrogens (tertiary/aromatic N) is 1. The van der Waals surface area contributed by atoms with Crippen LogP contribution < -0.4 is 10.1 Å². The molecule has 0 aromatic heterocycles. The molecule has 0 fully saturated rings.